The Morgan fingerprint density at radius 2 is 2.17 bits per heavy atom. The largest absolute Gasteiger partial charge is 0.305 e. The summed E-state index contributed by atoms with van der Waals surface area (Å²) in [6.45, 7) is 0.373. The molecule has 0 N–H and O–H groups in total. The Morgan fingerprint density at radius 3 is 2.92 bits per heavy atom. The maximum atomic E-state index is 12.6. The summed E-state index contributed by atoms with van der Waals surface area (Å²) in [4.78, 5) is 18.5. The molecule has 0 saturated heterocycles. The molecule has 3 nitrogen and oxygen atoms in total. The SMILES string of the molecule is C#CCn1c(=NC(=O)c2ccccc2SC)sc2cc(Br)ccc21. The zero-order chi connectivity index (χ0) is 17.1. The summed E-state index contributed by atoms with van der Waals surface area (Å²) in [6.07, 6.45) is 7.44. The van der Waals surface area contributed by atoms with Crippen LogP contribution >= 0.6 is 39.0 Å². The van der Waals surface area contributed by atoms with Gasteiger partial charge in [-0.25, -0.2) is 0 Å². The maximum absolute atomic E-state index is 12.6. The summed E-state index contributed by atoms with van der Waals surface area (Å²) in [5, 5.41) is 0. The minimum Gasteiger partial charge on any atom is -0.305 e. The van der Waals surface area contributed by atoms with Crippen molar-refractivity contribution in [3.63, 3.8) is 0 Å². The first kappa shape index (κ1) is 17.0. The Bertz CT molecular complexity index is 1030. The fraction of sp³-hybridized carbons (Fsp3) is 0.111. The fourth-order valence-electron chi connectivity index (χ4n) is 2.34. The van der Waals surface area contributed by atoms with E-state index in [0.29, 0.717) is 16.9 Å². The van der Waals surface area contributed by atoms with Crippen molar-refractivity contribution < 1.29 is 4.79 Å². The van der Waals surface area contributed by atoms with Crippen LogP contribution in [-0.4, -0.2) is 16.7 Å². The molecule has 0 spiro atoms. The number of aromatic nitrogens is 1. The predicted octanol–water partition coefficient (Wildman–Crippen LogP) is 4.56. The molecule has 0 unspecified atom stereocenters. The molecule has 120 valence electrons. The van der Waals surface area contributed by atoms with Crippen LogP contribution in [-0.2, 0) is 6.54 Å². The number of thiazole rings is 1. The van der Waals surface area contributed by atoms with Gasteiger partial charge in [0.1, 0.15) is 0 Å². The van der Waals surface area contributed by atoms with Crippen LogP contribution in [0.15, 0.2) is 56.8 Å². The molecule has 0 saturated carbocycles. The minimum absolute atomic E-state index is 0.253. The van der Waals surface area contributed by atoms with Crippen LogP contribution in [0.25, 0.3) is 10.2 Å². The second-order valence-electron chi connectivity index (χ2n) is 4.90. The number of thioether (sulfide) groups is 1. The van der Waals surface area contributed by atoms with Crippen molar-refractivity contribution >= 4 is 55.2 Å². The third kappa shape index (κ3) is 3.34. The lowest BCUT2D eigenvalue weighted by atomic mass is 10.2. The molecule has 0 bridgehead atoms. The van der Waals surface area contributed by atoms with Crippen molar-refractivity contribution in [1.29, 1.82) is 0 Å². The van der Waals surface area contributed by atoms with E-state index in [1.54, 1.807) is 6.07 Å². The minimum atomic E-state index is -0.253. The van der Waals surface area contributed by atoms with Crippen molar-refractivity contribution in [3.8, 4) is 12.3 Å². The molecule has 3 aromatic rings. The van der Waals surface area contributed by atoms with E-state index in [1.165, 1.54) is 23.1 Å². The Kier molecular flexibility index (Phi) is 5.24. The molecule has 3 rings (SSSR count). The van der Waals surface area contributed by atoms with Crippen molar-refractivity contribution in [1.82, 2.24) is 4.57 Å². The fourth-order valence-corrected chi connectivity index (χ4v) is 4.51. The van der Waals surface area contributed by atoms with E-state index in [1.807, 2.05) is 47.2 Å². The number of halogens is 1. The standard InChI is InChI=1S/C18H13BrN2OS2/c1-3-10-21-14-9-8-12(19)11-16(14)24-18(21)20-17(22)13-6-4-5-7-15(13)23-2/h1,4-9,11H,10H2,2H3. The summed E-state index contributed by atoms with van der Waals surface area (Å²) in [7, 11) is 0. The van der Waals surface area contributed by atoms with Crippen LogP contribution in [0.5, 0.6) is 0 Å². The molecule has 1 amide bonds. The number of fused-ring (bicyclic) bond motifs is 1. The molecule has 0 atom stereocenters. The summed E-state index contributed by atoms with van der Waals surface area (Å²) < 4.78 is 3.91. The third-order valence-corrected chi connectivity index (χ3v) is 5.76. The van der Waals surface area contributed by atoms with E-state index in [0.717, 1.165) is 19.6 Å². The van der Waals surface area contributed by atoms with E-state index in [9.17, 15) is 4.79 Å². The van der Waals surface area contributed by atoms with Crippen molar-refractivity contribution in [3.05, 3.63) is 57.3 Å². The Hall–Kier alpha value is -1.81. The van der Waals surface area contributed by atoms with Gasteiger partial charge < -0.3 is 4.57 Å². The molecule has 24 heavy (non-hydrogen) atoms. The molecule has 1 aromatic heterocycles. The number of carbonyl (C=O) groups is 1. The van der Waals surface area contributed by atoms with E-state index >= 15 is 0 Å². The molecule has 0 aliphatic carbocycles. The number of hydrogen-bond donors (Lipinski definition) is 0. The zero-order valence-corrected chi connectivity index (χ0v) is 16.0. The molecule has 6 heteroatoms. The Balaban J connectivity index is 2.17. The molecule has 0 fully saturated rings. The van der Waals surface area contributed by atoms with Crippen LogP contribution in [0.2, 0.25) is 0 Å². The summed E-state index contributed by atoms with van der Waals surface area (Å²) in [5.74, 6) is 2.38. The third-order valence-electron chi connectivity index (χ3n) is 3.43. The van der Waals surface area contributed by atoms with Crippen LogP contribution in [0.3, 0.4) is 0 Å². The molecule has 1 heterocycles. The number of benzene rings is 2. The Labute approximate surface area is 156 Å². The highest BCUT2D eigenvalue weighted by atomic mass is 79.9. The second kappa shape index (κ2) is 7.39. The van der Waals surface area contributed by atoms with Crippen molar-refractivity contribution in [2.75, 3.05) is 6.26 Å². The number of rotatable bonds is 3. The van der Waals surface area contributed by atoms with E-state index < -0.39 is 0 Å². The topological polar surface area (TPSA) is 34.4 Å². The number of hydrogen-bond acceptors (Lipinski definition) is 3. The average molecular weight is 417 g/mol. The van der Waals surface area contributed by atoms with Crippen LogP contribution in [0.4, 0.5) is 0 Å². The maximum Gasteiger partial charge on any atom is 0.280 e. The highest BCUT2D eigenvalue weighted by molar-refractivity contribution is 9.10. The number of carbonyl (C=O) groups excluding carboxylic acids is 1. The first-order chi connectivity index (χ1) is 11.6. The molecular weight excluding hydrogens is 404 g/mol. The second-order valence-corrected chi connectivity index (χ2v) is 7.68. The predicted molar refractivity (Wildman–Crippen MR) is 104 cm³/mol. The first-order valence-corrected chi connectivity index (χ1v) is 9.92. The van der Waals surface area contributed by atoms with E-state index in [2.05, 4.69) is 26.8 Å². The van der Waals surface area contributed by atoms with Gasteiger partial charge in [0.2, 0.25) is 0 Å². The summed E-state index contributed by atoms with van der Waals surface area (Å²) >= 11 is 6.46. The lowest BCUT2D eigenvalue weighted by Crippen LogP contribution is -2.16. The number of amides is 1. The summed E-state index contributed by atoms with van der Waals surface area (Å²) in [6, 6.07) is 13.4. The van der Waals surface area contributed by atoms with Gasteiger partial charge in [-0.1, -0.05) is 45.3 Å². The molecular formula is C18H13BrN2OS2. The van der Waals surface area contributed by atoms with Gasteiger partial charge in [0.05, 0.1) is 22.3 Å². The van der Waals surface area contributed by atoms with Gasteiger partial charge in [-0.2, -0.15) is 4.99 Å². The zero-order valence-electron chi connectivity index (χ0n) is 12.8. The van der Waals surface area contributed by atoms with Crippen LogP contribution in [0.1, 0.15) is 10.4 Å². The molecule has 0 aliphatic heterocycles. The van der Waals surface area contributed by atoms with Crippen LogP contribution < -0.4 is 4.80 Å². The van der Waals surface area contributed by atoms with Gasteiger partial charge in [-0.05, 0) is 36.6 Å². The van der Waals surface area contributed by atoms with Gasteiger partial charge in [0.15, 0.2) is 4.80 Å². The lowest BCUT2D eigenvalue weighted by Gasteiger charge is -2.03. The number of nitrogens with zero attached hydrogens (tertiary/aromatic N) is 2. The Morgan fingerprint density at radius 1 is 1.38 bits per heavy atom. The lowest BCUT2D eigenvalue weighted by molar-refractivity contribution is 0.0995. The van der Waals surface area contributed by atoms with Crippen molar-refractivity contribution in [2.24, 2.45) is 4.99 Å². The van der Waals surface area contributed by atoms with Gasteiger partial charge in [0, 0.05) is 9.37 Å². The van der Waals surface area contributed by atoms with Crippen molar-refractivity contribution in [2.45, 2.75) is 11.4 Å². The first-order valence-electron chi connectivity index (χ1n) is 7.08. The molecule has 0 aliphatic rings. The molecule has 2 aromatic carbocycles. The van der Waals surface area contributed by atoms with Crippen LogP contribution in [0, 0.1) is 12.3 Å². The quantitative estimate of drug-likeness (QED) is 0.463. The monoisotopic (exact) mass is 416 g/mol. The van der Waals surface area contributed by atoms with E-state index in [-0.39, 0.29) is 5.91 Å². The normalized spacial score (nSPS) is 11.6. The van der Waals surface area contributed by atoms with Gasteiger partial charge in [-0.15, -0.1) is 18.2 Å². The average Bonchev–Trinajstić information content (AvgIpc) is 2.91. The smallest absolute Gasteiger partial charge is 0.280 e. The van der Waals surface area contributed by atoms with Gasteiger partial charge in [-0.3, -0.25) is 4.79 Å². The van der Waals surface area contributed by atoms with Gasteiger partial charge in [0.25, 0.3) is 5.91 Å². The number of terminal acetylenes is 1. The van der Waals surface area contributed by atoms with E-state index in [4.69, 9.17) is 6.42 Å². The highest BCUT2D eigenvalue weighted by Crippen LogP contribution is 2.23. The highest BCUT2D eigenvalue weighted by Gasteiger charge is 2.11. The molecule has 0 radical (unpaired) electrons. The van der Waals surface area contributed by atoms with Gasteiger partial charge >= 0.3 is 0 Å². The summed E-state index contributed by atoms with van der Waals surface area (Å²) in [5.41, 5.74) is 1.58.